The average molecular weight is 492 g/mol. The number of likely N-dealkylation sites (N-methyl/N-ethyl adjacent to an activating group) is 1. The molecule has 2 fully saturated rings. The minimum absolute atomic E-state index is 0.0327. The van der Waals surface area contributed by atoms with Gasteiger partial charge in [-0.3, -0.25) is 9.59 Å². The van der Waals surface area contributed by atoms with Crippen LogP contribution in [0.3, 0.4) is 0 Å². The fourth-order valence-corrected chi connectivity index (χ4v) is 5.81. The fraction of sp³-hybridized carbons (Fsp3) is 0.586. The smallest absolute Gasteiger partial charge is 0.246 e. The van der Waals surface area contributed by atoms with Crippen LogP contribution in [0.5, 0.6) is 0 Å². The van der Waals surface area contributed by atoms with Gasteiger partial charge >= 0.3 is 0 Å². The van der Waals surface area contributed by atoms with E-state index in [0.717, 1.165) is 55.5 Å². The number of hydrogen-bond donors (Lipinski definition) is 2. The molecule has 1 saturated heterocycles. The van der Waals surface area contributed by atoms with Gasteiger partial charge in [-0.15, -0.1) is 0 Å². The van der Waals surface area contributed by atoms with Crippen molar-refractivity contribution in [1.29, 1.82) is 0 Å². The van der Waals surface area contributed by atoms with Gasteiger partial charge in [0.15, 0.2) is 0 Å². The molecule has 194 valence electrons. The number of nitrogens with zero attached hydrogens (tertiary/aromatic N) is 3. The highest BCUT2D eigenvalue weighted by Gasteiger charge is 2.39. The molecule has 0 radical (unpaired) electrons. The van der Waals surface area contributed by atoms with Crippen molar-refractivity contribution in [3.05, 3.63) is 46.9 Å². The van der Waals surface area contributed by atoms with Gasteiger partial charge in [0.25, 0.3) is 0 Å². The SMILES string of the molecule is CNC(C)C(=O)NC(C(=O)N1CCCC1c1cc(-c2cc(C)cc(C)c2)nc(C)n1)C1CCCCC1. The highest BCUT2D eigenvalue weighted by molar-refractivity contribution is 5.90. The predicted octanol–water partition coefficient (Wildman–Crippen LogP) is 4.41. The Hall–Kier alpha value is -2.80. The standard InChI is InChI=1S/C29H41N5O2/c1-18-14-19(2)16-23(15-18)24-17-25(32-21(4)31-24)26-12-9-13-34(26)29(36)27(22-10-7-6-8-11-22)33-28(35)20(3)30-5/h14-17,20,22,26-27,30H,6-13H2,1-5H3,(H,33,35). The number of nitrogens with one attached hydrogen (secondary N) is 2. The molecule has 1 aromatic carbocycles. The number of aromatic nitrogens is 2. The predicted molar refractivity (Wildman–Crippen MR) is 142 cm³/mol. The summed E-state index contributed by atoms with van der Waals surface area (Å²) in [6.07, 6.45) is 7.17. The Morgan fingerprint density at radius 2 is 1.64 bits per heavy atom. The summed E-state index contributed by atoms with van der Waals surface area (Å²) in [7, 11) is 1.77. The third kappa shape index (κ3) is 5.94. The van der Waals surface area contributed by atoms with Crippen molar-refractivity contribution in [2.75, 3.05) is 13.6 Å². The number of likely N-dealkylation sites (tertiary alicyclic amines) is 1. The maximum absolute atomic E-state index is 14.1. The Bertz CT molecular complexity index is 1070. The van der Waals surface area contributed by atoms with Gasteiger partial charge in [0.05, 0.1) is 23.5 Å². The van der Waals surface area contributed by atoms with Crippen molar-refractivity contribution in [2.45, 2.75) is 90.8 Å². The lowest BCUT2D eigenvalue weighted by molar-refractivity contribution is -0.139. The van der Waals surface area contributed by atoms with Gasteiger partial charge in [-0.25, -0.2) is 9.97 Å². The summed E-state index contributed by atoms with van der Waals surface area (Å²) >= 11 is 0. The molecule has 1 aromatic heterocycles. The van der Waals surface area contributed by atoms with Crippen molar-refractivity contribution < 1.29 is 9.59 Å². The Morgan fingerprint density at radius 3 is 2.31 bits per heavy atom. The number of carbonyl (C=O) groups is 2. The van der Waals surface area contributed by atoms with Crippen LogP contribution in [0, 0.1) is 26.7 Å². The summed E-state index contributed by atoms with van der Waals surface area (Å²) in [5, 5.41) is 6.12. The van der Waals surface area contributed by atoms with Crippen LogP contribution in [-0.4, -0.2) is 52.4 Å². The van der Waals surface area contributed by atoms with Crippen LogP contribution in [0.15, 0.2) is 24.3 Å². The summed E-state index contributed by atoms with van der Waals surface area (Å²) in [6, 6.07) is 7.56. The number of rotatable bonds is 7. The topological polar surface area (TPSA) is 87.2 Å². The molecular weight excluding hydrogens is 450 g/mol. The van der Waals surface area contributed by atoms with Crippen LogP contribution in [0.2, 0.25) is 0 Å². The molecule has 3 atom stereocenters. The first-order valence-corrected chi connectivity index (χ1v) is 13.5. The van der Waals surface area contributed by atoms with E-state index in [1.165, 1.54) is 17.5 Å². The van der Waals surface area contributed by atoms with E-state index in [-0.39, 0.29) is 29.8 Å². The van der Waals surface area contributed by atoms with Crippen molar-refractivity contribution in [3.63, 3.8) is 0 Å². The summed E-state index contributed by atoms with van der Waals surface area (Å²) in [6.45, 7) is 8.62. The lowest BCUT2D eigenvalue weighted by Gasteiger charge is -2.35. The molecule has 1 aliphatic carbocycles. The molecule has 0 spiro atoms. The summed E-state index contributed by atoms with van der Waals surface area (Å²) in [4.78, 5) is 38.4. The van der Waals surface area contributed by atoms with Gasteiger partial charge in [-0.05, 0) is 84.5 Å². The van der Waals surface area contributed by atoms with Gasteiger partial charge in [-0.2, -0.15) is 0 Å². The number of aryl methyl sites for hydroxylation is 3. The lowest BCUT2D eigenvalue weighted by atomic mass is 9.83. The molecule has 2 N–H and O–H groups in total. The third-order valence-electron chi connectivity index (χ3n) is 7.76. The molecule has 1 aliphatic heterocycles. The van der Waals surface area contributed by atoms with Crippen LogP contribution in [-0.2, 0) is 9.59 Å². The molecule has 1 saturated carbocycles. The van der Waals surface area contributed by atoms with Crippen LogP contribution in [0.4, 0.5) is 0 Å². The molecule has 2 heterocycles. The molecule has 2 aliphatic rings. The molecule has 3 unspecified atom stereocenters. The van der Waals surface area contributed by atoms with E-state index < -0.39 is 6.04 Å². The Morgan fingerprint density at radius 1 is 0.944 bits per heavy atom. The van der Waals surface area contributed by atoms with Crippen molar-refractivity contribution in [2.24, 2.45) is 5.92 Å². The minimum Gasteiger partial charge on any atom is -0.343 e. The molecule has 7 heteroatoms. The Balaban J connectivity index is 1.63. The first-order valence-electron chi connectivity index (χ1n) is 13.5. The van der Waals surface area contributed by atoms with E-state index in [2.05, 4.69) is 48.7 Å². The second kappa shape index (κ2) is 11.5. The van der Waals surface area contributed by atoms with Crippen molar-refractivity contribution in [1.82, 2.24) is 25.5 Å². The highest BCUT2D eigenvalue weighted by atomic mass is 16.2. The molecule has 0 bridgehead atoms. The van der Waals surface area contributed by atoms with E-state index in [0.29, 0.717) is 12.4 Å². The van der Waals surface area contributed by atoms with E-state index in [4.69, 9.17) is 9.97 Å². The molecular formula is C29H41N5O2. The van der Waals surface area contributed by atoms with E-state index in [1.54, 1.807) is 7.05 Å². The second-order valence-corrected chi connectivity index (χ2v) is 10.7. The van der Waals surface area contributed by atoms with E-state index in [9.17, 15) is 9.59 Å². The van der Waals surface area contributed by atoms with Crippen LogP contribution in [0.25, 0.3) is 11.3 Å². The van der Waals surface area contributed by atoms with Crippen molar-refractivity contribution in [3.8, 4) is 11.3 Å². The fourth-order valence-electron chi connectivity index (χ4n) is 5.81. The number of carbonyl (C=O) groups excluding carboxylic acids is 2. The average Bonchev–Trinajstić information content (AvgIpc) is 3.36. The zero-order valence-corrected chi connectivity index (χ0v) is 22.4. The van der Waals surface area contributed by atoms with Gasteiger partial charge in [-0.1, -0.05) is 36.5 Å². The van der Waals surface area contributed by atoms with Crippen molar-refractivity contribution >= 4 is 11.8 Å². The van der Waals surface area contributed by atoms with Crippen LogP contribution in [0.1, 0.15) is 80.6 Å². The van der Waals surface area contributed by atoms with Gasteiger partial charge in [0, 0.05) is 12.1 Å². The maximum atomic E-state index is 14.1. The normalized spacial score (nSPS) is 20.2. The first kappa shape index (κ1) is 26.3. The quantitative estimate of drug-likeness (QED) is 0.599. The monoisotopic (exact) mass is 491 g/mol. The Kier molecular flexibility index (Phi) is 8.39. The largest absolute Gasteiger partial charge is 0.343 e. The zero-order chi connectivity index (χ0) is 25.8. The van der Waals surface area contributed by atoms with Gasteiger partial charge < -0.3 is 15.5 Å². The maximum Gasteiger partial charge on any atom is 0.246 e. The number of amides is 2. The van der Waals surface area contributed by atoms with Gasteiger partial charge in [0.1, 0.15) is 11.9 Å². The molecule has 2 amide bonds. The second-order valence-electron chi connectivity index (χ2n) is 10.7. The zero-order valence-electron chi connectivity index (χ0n) is 22.4. The highest BCUT2D eigenvalue weighted by Crippen LogP contribution is 2.35. The molecule has 7 nitrogen and oxygen atoms in total. The molecule has 4 rings (SSSR count). The third-order valence-corrected chi connectivity index (χ3v) is 7.76. The summed E-state index contributed by atoms with van der Waals surface area (Å²) in [5.41, 5.74) is 5.25. The lowest BCUT2D eigenvalue weighted by Crippen LogP contribution is -2.55. The number of hydrogen-bond acceptors (Lipinski definition) is 5. The van der Waals surface area contributed by atoms with E-state index in [1.807, 2.05) is 18.7 Å². The minimum atomic E-state index is -0.490. The van der Waals surface area contributed by atoms with Gasteiger partial charge in [0.2, 0.25) is 11.8 Å². The van der Waals surface area contributed by atoms with E-state index >= 15 is 0 Å². The summed E-state index contributed by atoms with van der Waals surface area (Å²) < 4.78 is 0. The first-order chi connectivity index (χ1) is 17.3. The number of benzene rings is 1. The van der Waals surface area contributed by atoms with Crippen LogP contribution >= 0.6 is 0 Å². The molecule has 2 aromatic rings. The molecule has 36 heavy (non-hydrogen) atoms. The van der Waals surface area contributed by atoms with Crippen LogP contribution < -0.4 is 10.6 Å². The Labute approximate surface area is 215 Å². The summed E-state index contributed by atoms with van der Waals surface area (Å²) in [5.74, 6) is 0.803.